The lowest BCUT2D eigenvalue weighted by Gasteiger charge is -2.26. The molecule has 29 heavy (non-hydrogen) atoms. The number of thioether (sulfide) groups is 1. The summed E-state index contributed by atoms with van der Waals surface area (Å²) in [6.07, 6.45) is 0.608. The molecule has 0 aliphatic carbocycles. The first-order valence-corrected chi connectivity index (χ1v) is 12.0. The zero-order chi connectivity index (χ0) is 22.9. The van der Waals surface area contributed by atoms with E-state index >= 15 is 0 Å². The molecule has 1 amide bonds. The molecule has 170 valence electrons. The molecule has 0 heterocycles. The molecule has 0 bridgehead atoms. The summed E-state index contributed by atoms with van der Waals surface area (Å²) in [6.45, 7) is 8.13. The average molecular weight is 456 g/mol. The van der Waals surface area contributed by atoms with Crippen molar-refractivity contribution in [2.24, 2.45) is 11.3 Å². The minimum absolute atomic E-state index is 0.0542. The van der Waals surface area contributed by atoms with E-state index in [1.165, 1.54) is 32.7 Å². The Morgan fingerprint density at radius 1 is 1.21 bits per heavy atom. The quantitative estimate of drug-likeness (QED) is 0.241. The Balaban J connectivity index is 4.28. The zero-order valence-corrected chi connectivity index (χ0v) is 19.6. The molecule has 0 spiro atoms. The standard InChI is InChI=1S/C18H33NO8S2/c1-7-18(5,16(22)26-6)11-27-14(20)8-9-28-10-13(2)15(21)19-17(3,4)12-29(23,24)25/h13H,7-12H2,1-6H3,(H,19,21)(H,23,24,25). The number of methoxy groups -OCH3 is 1. The first-order chi connectivity index (χ1) is 13.2. The minimum Gasteiger partial charge on any atom is -0.469 e. The van der Waals surface area contributed by atoms with Crippen molar-refractivity contribution in [3.05, 3.63) is 0 Å². The van der Waals surface area contributed by atoms with Crippen LogP contribution >= 0.6 is 11.8 Å². The molecule has 0 saturated heterocycles. The van der Waals surface area contributed by atoms with Crippen molar-refractivity contribution >= 4 is 39.7 Å². The molecule has 0 saturated carbocycles. The van der Waals surface area contributed by atoms with Crippen molar-refractivity contribution < 1.29 is 36.8 Å². The summed E-state index contributed by atoms with van der Waals surface area (Å²) in [5.41, 5.74) is -1.97. The van der Waals surface area contributed by atoms with Gasteiger partial charge in [0.05, 0.1) is 30.2 Å². The molecule has 0 aromatic carbocycles. The van der Waals surface area contributed by atoms with Crippen LogP contribution in [0.1, 0.15) is 47.5 Å². The fourth-order valence-electron chi connectivity index (χ4n) is 2.30. The predicted octanol–water partition coefficient (Wildman–Crippen LogP) is 1.66. The van der Waals surface area contributed by atoms with Crippen molar-refractivity contribution in [2.45, 2.75) is 53.0 Å². The van der Waals surface area contributed by atoms with E-state index in [4.69, 9.17) is 14.0 Å². The number of carbonyl (C=O) groups is 3. The summed E-state index contributed by atoms with van der Waals surface area (Å²) >= 11 is 1.39. The van der Waals surface area contributed by atoms with Crippen LogP contribution in [0.25, 0.3) is 0 Å². The summed E-state index contributed by atoms with van der Waals surface area (Å²) in [4.78, 5) is 35.8. The Kier molecular flexibility index (Phi) is 11.2. The largest absolute Gasteiger partial charge is 0.469 e. The third-order valence-corrected chi connectivity index (χ3v) is 6.60. The van der Waals surface area contributed by atoms with Crippen LogP contribution in [0, 0.1) is 11.3 Å². The molecule has 2 N–H and O–H groups in total. The van der Waals surface area contributed by atoms with Gasteiger partial charge >= 0.3 is 11.9 Å². The van der Waals surface area contributed by atoms with E-state index in [-0.39, 0.29) is 18.9 Å². The van der Waals surface area contributed by atoms with E-state index in [2.05, 4.69) is 5.32 Å². The maximum Gasteiger partial charge on any atom is 0.314 e. The summed E-state index contributed by atoms with van der Waals surface area (Å²) < 4.78 is 40.8. The molecule has 2 unspecified atom stereocenters. The molecule has 0 radical (unpaired) electrons. The highest BCUT2D eigenvalue weighted by Gasteiger charge is 2.34. The van der Waals surface area contributed by atoms with Crippen LogP contribution < -0.4 is 5.32 Å². The van der Waals surface area contributed by atoms with Crippen molar-refractivity contribution in [3.8, 4) is 0 Å². The van der Waals surface area contributed by atoms with Gasteiger partial charge in [0.2, 0.25) is 5.91 Å². The van der Waals surface area contributed by atoms with Crippen LogP contribution in [-0.2, 0) is 34.0 Å². The van der Waals surface area contributed by atoms with E-state index in [1.807, 2.05) is 6.92 Å². The Morgan fingerprint density at radius 3 is 2.28 bits per heavy atom. The van der Waals surface area contributed by atoms with E-state index in [9.17, 15) is 22.8 Å². The van der Waals surface area contributed by atoms with E-state index in [1.54, 1.807) is 13.8 Å². The molecule has 11 heteroatoms. The predicted molar refractivity (Wildman–Crippen MR) is 111 cm³/mol. The van der Waals surface area contributed by atoms with Crippen LogP contribution in [-0.4, -0.2) is 67.3 Å². The van der Waals surface area contributed by atoms with Gasteiger partial charge in [0, 0.05) is 17.4 Å². The van der Waals surface area contributed by atoms with Crippen molar-refractivity contribution in [3.63, 3.8) is 0 Å². The molecule has 0 aliphatic heterocycles. The minimum atomic E-state index is -4.21. The van der Waals surface area contributed by atoms with Crippen LogP contribution in [0.2, 0.25) is 0 Å². The van der Waals surface area contributed by atoms with Gasteiger partial charge in [-0.15, -0.1) is 0 Å². The molecule has 0 aromatic rings. The normalized spacial score (nSPS) is 15.1. The Bertz CT molecular complexity index is 677. The summed E-state index contributed by atoms with van der Waals surface area (Å²) in [5.74, 6) is -1.35. The van der Waals surface area contributed by atoms with E-state index in [0.717, 1.165) is 0 Å². The molecule has 9 nitrogen and oxygen atoms in total. The zero-order valence-electron chi connectivity index (χ0n) is 17.9. The Labute approximate surface area is 177 Å². The summed E-state index contributed by atoms with van der Waals surface area (Å²) in [6, 6.07) is 0. The van der Waals surface area contributed by atoms with Gasteiger partial charge < -0.3 is 14.8 Å². The lowest BCUT2D eigenvalue weighted by Crippen LogP contribution is -2.50. The van der Waals surface area contributed by atoms with Crippen molar-refractivity contribution in [1.29, 1.82) is 0 Å². The smallest absolute Gasteiger partial charge is 0.314 e. The van der Waals surface area contributed by atoms with E-state index < -0.39 is 44.7 Å². The molecule has 2 atom stereocenters. The van der Waals surface area contributed by atoms with Gasteiger partial charge in [-0.05, 0) is 27.2 Å². The average Bonchev–Trinajstić information content (AvgIpc) is 2.59. The van der Waals surface area contributed by atoms with Crippen LogP contribution in [0.3, 0.4) is 0 Å². The Morgan fingerprint density at radius 2 is 1.79 bits per heavy atom. The number of rotatable bonds is 13. The summed E-state index contributed by atoms with van der Waals surface area (Å²) in [5, 5.41) is 2.59. The molecule has 0 aliphatic rings. The topological polar surface area (TPSA) is 136 Å². The van der Waals surface area contributed by atoms with Crippen LogP contribution in [0.4, 0.5) is 0 Å². The number of carbonyl (C=O) groups excluding carboxylic acids is 3. The third-order valence-electron chi connectivity index (χ3n) is 4.28. The van der Waals surface area contributed by atoms with Gasteiger partial charge in [-0.25, -0.2) is 0 Å². The number of ether oxygens (including phenoxy) is 2. The number of nitrogens with one attached hydrogen (secondary N) is 1. The van der Waals surface area contributed by atoms with Gasteiger partial charge in [-0.1, -0.05) is 13.8 Å². The number of hydrogen-bond acceptors (Lipinski definition) is 8. The maximum absolute atomic E-state index is 12.2. The number of hydrogen-bond donors (Lipinski definition) is 2. The highest BCUT2D eigenvalue weighted by Crippen LogP contribution is 2.23. The van der Waals surface area contributed by atoms with Gasteiger partial charge in [0.25, 0.3) is 10.1 Å². The fraction of sp³-hybridized carbons (Fsp3) is 0.833. The highest BCUT2D eigenvalue weighted by atomic mass is 32.2. The van der Waals surface area contributed by atoms with Gasteiger partial charge in [-0.3, -0.25) is 18.9 Å². The fourth-order valence-corrected chi connectivity index (χ4v) is 4.27. The second-order valence-corrected chi connectivity index (χ2v) is 10.5. The lowest BCUT2D eigenvalue weighted by atomic mass is 9.89. The monoisotopic (exact) mass is 455 g/mol. The molecule has 0 aromatic heterocycles. The highest BCUT2D eigenvalue weighted by molar-refractivity contribution is 7.99. The second-order valence-electron chi connectivity index (χ2n) is 7.89. The van der Waals surface area contributed by atoms with Crippen molar-refractivity contribution in [2.75, 3.05) is 31.0 Å². The third kappa shape index (κ3) is 11.4. The second kappa shape index (κ2) is 11.8. The lowest BCUT2D eigenvalue weighted by molar-refractivity contribution is -0.160. The summed E-state index contributed by atoms with van der Waals surface area (Å²) in [7, 11) is -2.92. The van der Waals surface area contributed by atoms with Gasteiger partial charge in [-0.2, -0.15) is 20.2 Å². The van der Waals surface area contributed by atoms with Gasteiger partial charge in [0.15, 0.2) is 0 Å². The molecular weight excluding hydrogens is 422 g/mol. The number of amides is 1. The first kappa shape index (κ1) is 27.7. The SMILES string of the molecule is CCC(C)(COC(=O)CCSCC(C)C(=O)NC(C)(C)CS(=O)(=O)O)C(=O)OC. The molecular formula is C18H33NO8S2. The Hall–Kier alpha value is -1.33. The van der Waals surface area contributed by atoms with Crippen LogP contribution in [0.15, 0.2) is 0 Å². The van der Waals surface area contributed by atoms with Crippen LogP contribution in [0.5, 0.6) is 0 Å². The number of esters is 2. The first-order valence-electron chi connectivity index (χ1n) is 9.25. The molecule has 0 fully saturated rings. The molecule has 0 rings (SSSR count). The van der Waals surface area contributed by atoms with Crippen molar-refractivity contribution in [1.82, 2.24) is 5.32 Å². The maximum atomic E-state index is 12.2. The van der Waals surface area contributed by atoms with E-state index in [0.29, 0.717) is 17.9 Å². The van der Waals surface area contributed by atoms with Gasteiger partial charge in [0.1, 0.15) is 6.61 Å².